The molecular weight excluding hydrogens is 358 g/mol. The number of hydrogen-bond acceptors (Lipinski definition) is 3. The van der Waals surface area contributed by atoms with Gasteiger partial charge in [0.05, 0.1) is 40.3 Å². The summed E-state index contributed by atoms with van der Waals surface area (Å²) in [6.45, 7) is 12.1. The molecule has 1 N–H and O–H groups in total. The summed E-state index contributed by atoms with van der Waals surface area (Å²) >= 11 is 0. The number of nitrogens with one attached hydrogen (secondary N) is 1. The van der Waals surface area contributed by atoms with Crippen molar-refractivity contribution in [1.29, 1.82) is 0 Å². The SMILES string of the molecule is CC(C)[C@H](N[S@@](=O)C(C)(C)C)c1cn(C[C@H]2CCN(CC(F)F)C2)cn1. The second-order valence-corrected chi connectivity index (χ2v) is 10.5. The molecule has 1 aromatic rings. The Balaban J connectivity index is 1.97. The summed E-state index contributed by atoms with van der Waals surface area (Å²) in [5.41, 5.74) is 0.875. The molecule has 2 heterocycles. The van der Waals surface area contributed by atoms with Gasteiger partial charge in [0.15, 0.2) is 0 Å². The van der Waals surface area contributed by atoms with Crippen molar-refractivity contribution in [1.82, 2.24) is 19.2 Å². The standard InChI is InChI=1S/C18H32F2N4OS/c1-13(2)17(22-26(25)18(3,4)5)15-10-24(12-21-15)9-14-6-7-23(8-14)11-16(19)20/h10,12-14,16-17,22H,6-9,11H2,1-5H3/t14-,17-,26-/m0/s1. The van der Waals surface area contributed by atoms with Crippen molar-refractivity contribution in [2.45, 2.75) is 64.8 Å². The van der Waals surface area contributed by atoms with Crippen LogP contribution in [0.2, 0.25) is 0 Å². The summed E-state index contributed by atoms with van der Waals surface area (Å²) in [6, 6.07) is -0.0878. The number of nitrogens with zero attached hydrogens (tertiary/aromatic N) is 3. The van der Waals surface area contributed by atoms with Gasteiger partial charge in [0.1, 0.15) is 0 Å². The van der Waals surface area contributed by atoms with E-state index in [1.54, 1.807) is 6.33 Å². The normalized spacial score (nSPS) is 21.7. The molecule has 0 saturated carbocycles. The number of aromatic nitrogens is 2. The number of imidazole rings is 1. The molecule has 0 spiro atoms. The predicted octanol–water partition coefficient (Wildman–Crippen LogP) is 3.22. The molecule has 5 nitrogen and oxygen atoms in total. The average molecular weight is 391 g/mol. The van der Waals surface area contributed by atoms with Crippen molar-refractivity contribution < 1.29 is 13.0 Å². The zero-order valence-corrected chi connectivity index (χ0v) is 17.2. The maximum Gasteiger partial charge on any atom is 0.251 e. The third kappa shape index (κ3) is 6.09. The van der Waals surface area contributed by atoms with Crippen LogP contribution in [0.1, 0.15) is 52.8 Å². The van der Waals surface area contributed by atoms with Gasteiger partial charge in [-0.2, -0.15) is 0 Å². The van der Waals surface area contributed by atoms with Gasteiger partial charge in [-0.25, -0.2) is 22.7 Å². The first kappa shape index (κ1) is 21.4. The Morgan fingerprint density at radius 3 is 2.65 bits per heavy atom. The molecule has 0 amide bonds. The highest BCUT2D eigenvalue weighted by Crippen LogP contribution is 2.24. The third-order valence-corrected chi connectivity index (χ3v) is 6.24. The summed E-state index contributed by atoms with van der Waals surface area (Å²) in [7, 11) is -1.17. The molecule has 26 heavy (non-hydrogen) atoms. The Morgan fingerprint density at radius 1 is 1.38 bits per heavy atom. The van der Waals surface area contributed by atoms with E-state index >= 15 is 0 Å². The molecule has 0 bridgehead atoms. The van der Waals surface area contributed by atoms with E-state index in [-0.39, 0.29) is 23.3 Å². The Hall–Kier alpha value is -0.860. The van der Waals surface area contributed by atoms with Crippen molar-refractivity contribution in [2.24, 2.45) is 11.8 Å². The van der Waals surface area contributed by atoms with E-state index in [1.807, 2.05) is 36.4 Å². The molecule has 1 aliphatic heterocycles. The van der Waals surface area contributed by atoms with Crippen LogP contribution in [0.25, 0.3) is 0 Å². The van der Waals surface area contributed by atoms with Crippen LogP contribution in [-0.4, -0.2) is 49.5 Å². The fourth-order valence-electron chi connectivity index (χ4n) is 3.19. The van der Waals surface area contributed by atoms with Gasteiger partial charge in [-0.05, 0) is 45.6 Å². The van der Waals surface area contributed by atoms with Crippen LogP contribution in [0.15, 0.2) is 12.5 Å². The molecular formula is C18H32F2N4OS. The first-order valence-electron chi connectivity index (χ1n) is 9.26. The fraction of sp³-hybridized carbons (Fsp3) is 0.833. The second-order valence-electron chi connectivity index (χ2n) is 8.52. The van der Waals surface area contributed by atoms with E-state index in [0.29, 0.717) is 12.5 Å². The molecule has 0 aliphatic carbocycles. The zero-order chi connectivity index (χ0) is 19.5. The molecule has 1 aliphatic rings. The predicted molar refractivity (Wildman–Crippen MR) is 101 cm³/mol. The minimum absolute atomic E-state index is 0.0878. The Kier molecular flexibility index (Phi) is 7.33. The van der Waals surface area contributed by atoms with Gasteiger partial charge in [0.25, 0.3) is 6.43 Å². The number of hydrogen-bond donors (Lipinski definition) is 1. The van der Waals surface area contributed by atoms with Gasteiger partial charge in [-0.1, -0.05) is 13.8 Å². The van der Waals surface area contributed by atoms with Crippen LogP contribution in [0.3, 0.4) is 0 Å². The van der Waals surface area contributed by atoms with Crippen LogP contribution in [0.4, 0.5) is 8.78 Å². The Labute approximate surface area is 158 Å². The van der Waals surface area contributed by atoms with E-state index in [2.05, 4.69) is 23.6 Å². The van der Waals surface area contributed by atoms with E-state index in [9.17, 15) is 13.0 Å². The fourth-order valence-corrected chi connectivity index (χ4v) is 4.17. The molecule has 1 saturated heterocycles. The maximum absolute atomic E-state index is 12.5. The first-order valence-corrected chi connectivity index (χ1v) is 10.4. The third-order valence-electron chi connectivity index (χ3n) is 4.66. The zero-order valence-electron chi connectivity index (χ0n) is 16.4. The molecule has 1 aromatic heterocycles. The maximum atomic E-state index is 12.5. The van der Waals surface area contributed by atoms with Crippen molar-refractivity contribution in [3.8, 4) is 0 Å². The number of likely N-dealkylation sites (tertiary alicyclic amines) is 1. The van der Waals surface area contributed by atoms with Crippen molar-refractivity contribution in [2.75, 3.05) is 19.6 Å². The first-order chi connectivity index (χ1) is 12.1. The van der Waals surface area contributed by atoms with Crippen molar-refractivity contribution in [3.63, 3.8) is 0 Å². The van der Waals surface area contributed by atoms with Crippen LogP contribution in [0, 0.1) is 11.8 Å². The van der Waals surface area contributed by atoms with Crippen LogP contribution in [-0.2, 0) is 17.5 Å². The Bertz CT molecular complexity index is 600. The summed E-state index contributed by atoms with van der Waals surface area (Å²) in [4.78, 5) is 6.35. The van der Waals surface area contributed by atoms with Crippen LogP contribution in [0.5, 0.6) is 0 Å². The summed E-state index contributed by atoms with van der Waals surface area (Å²) < 4.78 is 42.4. The van der Waals surface area contributed by atoms with E-state index in [0.717, 1.165) is 25.2 Å². The average Bonchev–Trinajstić information content (AvgIpc) is 3.12. The summed E-state index contributed by atoms with van der Waals surface area (Å²) in [5, 5.41) is 0. The smallest absolute Gasteiger partial charge is 0.251 e. The second kappa shape index (κ2) is 8.89. The van der Waals surface area contributed by atoms with Crippen LogP contribution >= 0.6 is 0 Å². The van der Waals surface area contributed by atoms with Gasteiger partial charge in [-0.15, -0.1) is 0 Å². The molecule has 0 radical (unpaired) electrons. The van der Waals surface area contributed by atoms with Gasteiger partial charge in [0, 0.05) is 19.3 Å². The van der Waals surface area contributed by atoms with Crippen molar-refractivity contribution in [3.05, 3.63) is 18.2 Å². The quantitative estimate of drug-likeness (QED) is 0.741. The van der Waals surface area contributed by atoms with E-state index in [4.69, 9.17) is 0 Å². The highest BCUT2D eigenvalue weighted by Gasteiger charge is 2.28. The Morgan fingerprint density at radius 2 is 2.08 bits per heavy atom. The summed E-state index contributed by atoms with van der Waals surface area (Å²) in [5.74, 6) is 0.614. The molecule has 2 rings (SSSR count). The monoisotopic (exact) mass is 390 g/mol. The van der Waals surface area contributed by atoms with Gasteiger partial charge >= 0.3 is 0 Å². The number of alkyl halides is 2. The lowest BCUT2D eigenvalue weighted by molar-refractivity contribution is 0.0975. The lowest BCUT2D eigenvalue weighted by Crippen LogP contribution is -2.37. The highest BCUT2D eigenvalue weighted by molar-refractivity contribution is 7.84. The van der Waals surface area contributed by atoms with E-state index < -0.39 is 17.4 Å². The van der Waals surface area contributed by atoms with Crippen LogP contribution < -0.4 is 4.72 Å². The largest absolute Gasteiger partial charge is 0.337 e. The minimum Gasteiger partial charge on any atom is -0.337 e. The molecule has 8 heteroatoms. The molecule has 150 valence electrons. The highest BCUT2D eigenvalue weighted by atomic mass is 32.2. The summed E-state index contributed by atoms with van der Waals surface area (Å²) in [6.07, 6.45) is 2.45. The van der Waals surface area contributed by atoms with Gasteiger partial charge in [-0.3, -0.25) is 4.90 Å². The van der Waals surface area contributed by atoms with Gasteiger partial charge < -0.3 is 4.57 Å². The minimum atomic E-state index is -2.27. The van der Waals surface area contributed by atoms with Gasteiger partial charge in [0.2, 0.25) is 0 Å². The molecule has 3 atom stereocenters. The van der Waals surface area contributed by atoms with E-state index in [1.165, 1.54) is 0 Å². The molecule has 0 unspecified atom stereocenters. The molecule has 0 aromatic carbocycles. The number of halogens is 2. The lowest BCUT2D eigenvalue weighted by Gasteiger charge is -2.25. The number of rotatable bonds is 8. The lowest BCUT2D eigenvalue weighted by atomic mass is 10.0. The topological polar surface area (TPSA) is 50.2 Å². The van der Waals surface area contributed by atoms with Crippen molar-refractivity contribution >= 4 is 11.0 Å². The molecule has 1 fully saturated rings.